The van der Waals surface area contributed by atoms with E-state index in [1.54, 1.807) is 0 Å². The lowest BCUT2D eigenvalue weighted by Crippen LogP contribution is -2.38. The third-order valence-corrected chi connectivity index (χ3v) is 4.27. The van der Waals surface area contributed by atoms with E-state index in [4.69, 9.17) is 0 Å². The van der Waals surface area contributed by atoms with Crippen LogP contribution in [0.25, 0.3) is 0 Å². The van der Waals surface area contributed by atoms with Crippen molar-refractivity contribution >= 4 is 5.91 Å². The van der Waals surface area contributed by atoms with Crippen molar-refractivity contribution < 1.29 is 4.79 Å². The molecule has 1 heterocycles. The molecule has 0 radical (unpaired) electrons. The standard InChI is InChI=1S/C18H24N4O/c1-14-11-20-22(13-14)10-9-19-12-18(23)21-17-8-4-6-15-5-2-3-7-16(15)17/h2-3,5,7,11,13,17,19H,4,6,8-10,12H2,1H3,(H,21,23)/t17-/m1/s1. The Morgan fingerprint density at radius 1 is 1.39 bits per heavy atom. The molecular weight excluding hydrogens is 288 g/mol. The summed E-state index contributed by atoms with van der Waals surface area (Å²) in [6, 6.07) is 8.57. The number of aromatic nitrogens is 2. The van der Waals surface area contributed by atoms with Crippen LogP contribution in [0.15, 0.2) is 36.7 Å². The third kappa shape index (κ3) is 4.20. The van der Waals surface area contributed by atoms with Gasteiger partial charge in [0, 0.05) is 12.7 Å². The normalized spacial score (nSPS) is 16.8. The Morgan fingerprint density at radius 3 is 3.09 bits per heavy atom. The molecule has 1 aliphatic rings. The average Bonchev–Trinajstić information content (AvgIpc) is 2.97. The highest BCUT2D eigenvalue weighted by Gasteiger charge is 2.20. The molecule has 2 aromatic rings. The largest absolute Gasteiger partial charge is 0.348 e. The number of hydrogen-bond acceptors (Lipinski definition) is 3. The summed E-state index contributed by atoms with van der Waals surface area (Å²) < 4.78 is 1.89. The van der Waals surface area contributed by atoms with E-state index >= 15 is 0 Å². The van der Waals surface area contributed by atoms with Gasteiger partial charge >= 0.3 is 0 Å². The summed E-state index contributed by atoms with van der Waals surface area (Å²) in [5.74, 6) is 0.0587. The molecule has 0 spiro atoms. The summed E-state index contributed by atoms with van der Waals surface area (Å²) in [7, 11) is 0. The van der Waals surface area contributed by atoms with Crippen molar-refractivity contribution in [1.82, 2.24) is 20.4 Å². The van der Waals surface area contributed by atoms with Crippen molar-refractivity contribution in [2.45, 2.75) is 38.8 Å². The zero-order chi connectivity index (χ0) is 16.1. The maximum Gasteiger partial charge on any atom is 0.234 e. The molecule has 0 fully saturated rings. The van der Waals surface area contributed by atoms with Gasteiger partial charge in [0.2, 0.25) is 5.91 Å². The highest BCUT2D eigenvalue weighted by molar-refractivity contribution is 5.78. The first-order valence-electron chi connectivity index (χ1n) is 8.29. The van der Waals surface area contributed by atoms with Crippen LogP contribution >= 0.6 is 0 Å². The number of nitrogens with zero attached hydrogens (tertiary/aromatic N) is 2. The molecule has 1 aromatic carbocycles. The van der Waals surface area contributed by atoms with E-state index in [1.807, 2.05) is 30.1 Å². The van der Waals surface area contributed by atoms with Crippen LogP contribution in [0.2, 0.25) is 0 Å². The van der Waals surface area contributed by atoms with E-state index in [1.165, 1.54) is 11.1 Å². The average molecular weight is 312 g/mol. The molecule has 1 aliphatic carbocycles. The fourth-order valence-corrected chi connectivity index (χ4v) is 3.13. The summed E-state index contributed by atoms with van der Waals surface area (Å²) in [6.07, 6.45) is 7.11. The molecule has 122 valence electrons. The Morgan fingerprint density at radius 2 is 2.26 bits per heavy atom. The number of rotatable bonds is 6. The Balaban J connectivity index is 1.43. The van der Waals surface area contributed by atoms with Crippen molar-refractivity contribution in [3.63, 3.8) is 0 Å². The SMILES string of the molecule is Cc1cnn(CCNCC(=O)N[C@@H]2CCCc3ccccc32)c1. The highest BCUT2D eigenvalue weighted by Crippen LogP contribution is 2.29. The lowest BCUT2D eigenvalue weighted by molar-refractivity contribution is -0.121. The van der Waals surface area contributed by atoms with Crippen molar-refractivity contribution in [3.8, 4) is 0 Å². The molecule has 1 amide bonds. The van der Waals surface area contributed by atoms with Gasteiger partial charge < -0.3 is 10.6 Å². The van der Waals surface area contributed by atoms with Gasteiger partial charge in [-0.3, -0.25) is 9.48 Å². The third-order valence-electron chi connectivity index (χ3n) is 4.27. The van der Waals surface area contributed by atoms with Crippen LogP contribution in [0.5, 0.6) is 0 Å². The molecule has 3 rings (SSSR count). The number of amides is 1. The Kier molecular flexibility index (Phi) is 5.08. The Labute approximate surface area is 137 Å². The second kappa shape index (κ2) is 7.42. The van der Waals surface area contributed by atoms with Crippen molar-refractivity contribution in [1.29, 1.82) is 0 Å². The van der Waals surface area contributed by atoms with Gasteiger partial charge in [-0.15, -0.1) is 0 Å². The number of carbonyl (C=O) groups is 1. The van der Waals surface area contributed by atoms with Crippen LogP contribution in [0.3, 0.4) is 0 Å². The number of nitrogens with one attached hydrogen (secondary N) is 2. The lowest BCUT2D eigenvalue weighted by Gasteiger charge is -2.26. The minimum Gasteiger partial charge on any atom is -0.348 e. The quantitative estimate of drug-likeness (QED) is 0.802. The molecule has 1 aromatic heterocycles. The molecular formula is C18H24N4O. The summed E-state index contributed by atoms with van der Waals surface area (Å²) in [5, 5.41) is 10.6. The van der Waals surface area contributed by atoms with Crippen LogP contribution < -0.4 is 10.6 Å². The summed E-state index contributed by atoms with van der Waals surface area (Å²) in [5.41, 5.74) is 3.80. The topological polar surface area (TPSA) is 59.0 Å². The van der Waals surface area contributed by atoms with E-state index in [0.29, 0.717) is 6.54 Å². The second-order valence-corrected chi connectivity index (χ2v) is 6.17. The predicted octanol–water partition coefficient (Wildman–Crippen LogP) is 1.97. The second-order valence-electron chi connectivity index (χ2n) is 6.17. The first-order chi connectivity index (χ1) is 11.2. The number of hydrogen-bond donors (Lipinski definition) is 2. The molecule has 0 saturated carbocycles. The molecule has 5 nitrogen and oxygen atoms in total. The van der Waals surface area contributed by atoms with Gasteiger partial charge in [-0.1, -0.05) is 24.3 Å². The first kappa shape index (κ1) is 15.7. The van der Waals surface area contributed by atoms with Crippen molar-refractivity contribution in [3.05, 3.63) is 53.3 Å². The fourth-order valence-electron chi connectivity index (χ4n) is 3.13. The maximum absolute atomic E-state index is 12.1. The molecule has 1 atom stereocenters. The van der Waals surface area contributed by atoms with E-state index in [9.17, 15) is 4.79 Å². The molecule has 0 bridgehead atoms. The molecule has 0 aliphatic heterocycles. The molecule has 2 N–H and O–H groups in total. The van der Waals surface area contributed by atoms with E-state index in [2.05, 4.69) is 33.9 Å². The van der Waals surface area contributed by atoms with Gasteiger partial charge in [-0.2, -0.15) is 5.10 Å². The Hall–Kier alpha value is -2.14. The number of aryl methyl sites for hydroxylation is 2. The monoisotopic (exact) mass is 312 g/mol. The minimum absolute atomic E-state index is 0.0587. The zero-order valence-electron chi connectivity index (χ0n) is 13.6. The fraction of sp³-hybridized carbons (Fsp3) is 0.444. The lowest BCUT2D eigenvalue weighted by atomic mass is 9.88. The summed E-state index contributed by atoms with van der Waals surface area (Å²) >= 11 is 0. The van der Waals surface area contributed by atoms with Gasteiger partial charge in [0.1, 0.15) is 0 Å². The first-order valence-corrected chi connectivity index (χ1v) is 8.29. The van der Waals surface area contributed by atoms with Crippen LogP contribution in [-0.2, 0) is 17.8 Å². The molecule has 0 unspecified atom stereocenters. The van der Waals surface area contributed by atoms with Crippen molar-refractivity contribution in [2.24, 2.45) is 0 Å². The van der Waals surface area contributed by atoms with Crippen molar-refractivity contribution in [2.75, 3.05) is 13.1 Å². The van der Waals surface area contributed by atoms with Gasteiger partial charge in [-0.05, 0) is 42.9 Å². The van der Waals surface area contributed by atoms with E-state index in [0.717, 1.165) is 37.9 Å². The molecule has 5 heteroatoms. The van der Waals surface area contributed by atoms with Gasteiger partial charge in [0.05, 0.1) is 25.3 Å². The van der Waals surface area contributed by atoms with Gasteiger partial charge in [-0.25, -0.2) is 0 Å². The predicted molar refractivity (Wildman–Crippen MR) is 90.1 cm³/mol. The summed E-state index contributed by atoms with van der Waals surface area (Å²) in [4.78, 5) is 12.1. The maximum atomic E-state index is 12.1. The number of benzene rings is 1. The van der Waals surface area contributed by atoms with Gasteiger partial charge in [0.25, 0.3) is 0 Å². The Bertz CT molecular complexity index is 665. The minimum atomic E-state index is 0.0587. The van der Waals surface area contributed by atoms with Crippen LogP contribution in [-0.4, -0.2) is 28.8 Å². The van der Waals surface area contributed by atoms with Crippen LogP contribution in [0, 0.1) is 6.92 Å². The molecule has 0 saturated heterocycles. The van der Waals surface area contributed by atoms with Crippen LogP contribution in [0.1, 0.15) is 35.6 Å². The number of fused-ring (bicyclic) bond motifs is 1. The smallest absolute Gasteiger partial charge is 0.234 e. The highest BCUT2D eigenvalue weighted by atomic mass is 16.1. The van der Waals surface area contributed by atoms with Crippen LogP contribution in [0.4, 0.5) is 0 Å². The molecule has 23 heavy (non-hydrogen) atoms. The van der Waals surface area contributed by atoms with E-state index < -0.39 is 0 Å². The zero-order valence-corrected chi connectivity index (χ0v) is 13.6. The van der Waals surface area contributed by atoms with E-state index in [-0.39, 0.29) is 11.9 Å². The number of carbonyl (C=O) groups excluding carboxylic acids is 1. The summed E-state index contributed by atoms with van der Waals surface area (Å²) in [6.45, 7) is 3.87. The van der Waals surface area contributed by atoms with Gasteiger partial charge in [0.15, 0.2) is 0 Å².